The highest BCUT2D eigenvalue weighted by molar-refractivity contribution is 5.69. The topological polar surface area (TPSA) is 65.0 Å². The summed E-state index contributed by atoms with van der Waals surface area (Å²) >= 11 is 0. The SMILES string of the molecule is CC(=O)Oc1ccc(C(c2ccc(OC(C)=O)cc2)C2CCCC=N2)cc1. The molecule has 1 atom stereocenters. The summed E-state index contributed by atoms with van der Waals surface area (Å²) in [5, 5.41) is 0. The van der Waals surface area contributed by atoms with Crippen LogP contribution in [-0.2, 0) is 9.59 Å². The number of aliphatic imine (C=N–C) groups is 1. The molecule has 140 valence electrons. The Bertz CT molecular complexity index is 765. The molecule has 0 saturated carbocycles. The first-order valence-electron chi connectivity index (χ1n) is 9.11. The summed E-state index contributed by atoms with van der Waals surface area (Å²) in [4.78, 5) is 27.0. The largest absolute Gasteiger partial charge is 0.427 e. The van der Waals surface area contributed by atoms with Gasteiger partial charge in [-0.25, -0.2) is 0 Å². The molecular formula is C22H23NO4. The minimum atomic E-state index is -0.336. The van der Waals surface area contributed by atoms with E-state index >= 15 is 0 Å². The van der Waals surface area contributed by atoms with E-state index in [2.05, 4.69) is 0 Å². The Balaban J connectivity index is 1.91. The molecule has 0 bridgehead atoms. The Hall–Kier alpha value is -2.95. The molecule has 0 amide bonds. The number of nitrogens with zero attached hydrogens (tertiary/aromatic N) is 1. The van der Waals surface area contributed by atoms with Crippen molar-refractivity contribution in [2.24, 2.45) is 4.99 Å². The normalized spacial score (nSPS) is 16.2. The summed E-state index contributed by atoms with van der Waals surface area (Å²) in [6.07, 6.45) is 5.14. The molecule has 1 unspecified atom stereocenters. The van der Waals surface area contributed by atoms with Gasteiger partial charge in [0.05, 0.1) is 6.04 Å². The number of hydrogen-bond donors (Lipinski definition) is 0. The van der Waals surface area contributed by atoms with Gasteiger partial charge in [0.25, 0.3) is 0 Å². The lowest BCUT2D eigenvalue weighted by Gasteiger charge is -2.27. The number of benzene rings is 2. The first-order chi connectivity index (χ1) is 13.0. The lowest BCUT2D eigenvalue weighted by atomic mass is 9.82. The van der Waals surface area contributed by atoms with E-state index < -0.39 is 0 Å². The summed E-state index contributed by atoms with van der Waals surface area (Å²) in [6, 6.07) is 15.3. The molecule has 0 saturated heterocycles. The van der Waals surface area contributed by atoms with Crippen LogP contribution in [0.3, 0.4) is 0 Å². The number of carbonyl (C=O) groups excluding carboxylic acids is 2. The Morgan fingerprint density at radius 2 is 1.37 bits per heavy atom. The molecule has 3 rings (SSSR count). The van der Waals surface area contributed by atoms with Crippen molar-refractivity contribution in [1.82, 2.24) is 0 Å². The molecule has 0 N–H and O–H groups in total. The lowest BCUT2D eigenvalue weighted by molar-refractivity contribution is -0.132. The molecule has 5 nitrogen and oxygen atoms in total. The number of rotatable bonds is 5. The summed E-state index contributed by atoms with van der Waals surface area (Å²) < 4.78 is 10.3. The predicted octanol–water partition coefficient (Wildman–Crippen LogP) is 4.29. The van der Waals surface area contributed by atoms with E-state index in [0.29, 0.717) is 11.5 Å². The first-order valence-corrected chi connectivity index (χ1v) is 9.11. The molecule has 1 aliphatic heterocycles. The van der Waals surface area contributed by atoms with Gasteiger partial charge >= 0.3 is 11.9 Å². The van der Waals surface area contributed by atoms with Crippen LogP contribution >= 0.6 is 0 Å². The Morgan fingerprint density at radius 3 is 1.74 bits per heavy atom. The fraction of sp³-hybridized carbons (Fsp3) is 0.318. The van der Waals surface area contributed by atoms with Crippen LogP contribution in [0.15, 0.2) is 53.5 Å². The Labute approximate surface area is 159 Å². The third kappa shape index (κ3) is 5.03. The maximum absolute atomic E-state index is 11.1. The third-order valence-electron chi connectivity index (χ3n) is 4.52. The predicted molar refractivity (Wildman–Crippen MR) is 103 cm³/mol. The van der Waals surface area contributed by atoms with Crippen LogP contribution in [0.2, 0.25) is 0 Å². The number of esters is 2. The maximum atomic E-state index is 11.1. The molecule has 0 aliphatic carbocycles. The number of carbonyl (C=O) groups is 2. The summed E-state index contributed by atoms with van der Waals surface area (Å²) in [5.41, 5.74) is 2.21. The van der Waals surface area contributed by atoms with Crippen LogP contribution in [-0.4, -0.2) is 24.2 Å². The molecule has 0 radical (unpaired) electrons. The van der Waals surface area contributed by atoms with Gasteiger partial charge in [-0.2, -0.15) is 0 Å². The molecule has 2 aromatic rings. The van der Waals surface area contributed by atoms with Gasteiger partial charge in [0.2, 0.25) is 0 Å². The van der Waals surface area contributed by atoms with Crippen LogP contribution in [0, 0.1) is 0 Å². The van der Waals surface area contributed by atoms with E-state index in [1.54, 1.807) is 0 Å². The number of hydrogen-bond acceptors (Lipinski definition) is 5. The van der Waals surface area contributed by atoms with Gasteiger partial charge in [0.1, 0.15) is 11.5 Å². The van der Waals surface area contributed by atoms with Crippen molar-refractivity contribution >= 4 is 18.2 Å². The molecule has 5 heteroatoms. The zero-order valence-electron chi connectivity index (χ0n) is 15.6. The molecular weight excluding hydrogens is 342 g/mol. The van der Waals surface area contributed by atoms with Gasteiger partial charge < -0.3 is 9.47 Å². The van der Waals surface area contributed by atoms with Crippen LogP contribution in [0.5, 0.6) is 11.5 Å². The molecule has 0 aromatic heterocycles. The van der Waals surface area contributed by atoms with Gasteiger partial charge in [-0.05, 0) is 60.9 Å². The highest BCUT2D eigenvalue weighted by Gasteiger charge is 2.25. The highest BCUT2D eigenvalue weighted by Crippen LogP contribution is 2.35. The average Bonchev–Trinajstić information content (AvgIpc) is 2.65. The monoisotopic (exact) mass is 365 g/mol. The average molecular weight is 365 g/mol. The first kappa shape index (κ1) is 18.8. The van der Waals surface area contributed by atoms with Crippen LogP contribution < -0.4 is 9.47 Å². The van der Waals surface area contributed by atoms with E-state index in [-0.39, 0.29) is 23.9 Å². The van der Waals surface area contributed by atoms with Crippen LogP contribution in [0.25, 0.3) is 0 Å². The zero-order valence-corrected chi connectivity index (χ0v) is 15.6. The molecule has 0 fully saturated rings. The van der Waals surface area contributed by atoms with E-state index in [4.69, 9.17) is 14.5 Å². The van der Waals surface area contributed by atoms with Crippen molar-refractivity contribution in [2.45, 2.75) is 45.1 Å². The standard InChI is InChI=1S/C22H23NO4/c1-15(24)26-19-10-6-17(7-11-19)22(21-5-3-4-14-23-21)18-8-12-20(13-9-18)27-16(2)25/h6-14,21-22H,3-5H2,1-2H3. The summed E-state index contributed by atoms with van der Waals surface area (Å²) in [7, 11) is 0. The van der Waals surface area contributed by atoms with Crippen molar-refractivity contribution in [3.05, 3.63) is 59.7 Å². The fourth-order valence-corrected chi connectivity index (χ4v) is 3.41. The van der Waals surface area contributed by atoms with Crippen molar-refractivity contribution < 1.29 is 19.1 Å². The molecule has 0 spiro atoms. The van der Waals surface area contributed by atoms with Gasteiger partial charge in [0.15, 0.2) is 0 Å². The van der Waals surface area contributed by atoms with Crippen molar-refractivity contribution in [3.63, 3.8) is 0 Å². The van der Waals surface area contributed by atoms with Crippen molar-refractivity contribution in [2.75, 3.05) is 0 Å². The van der Waals surface area contributed by atoms with Crippen molar-refractivity contribution in [3.8, 4) is 11.5 Å². The molecule has 1 heterocycles. The van der Waals surface area contributed by atoms with E-state index in [9.17, 15) is 9.59 Å². The highest BCUT2D eigenvalue weighted by atomic mass is 16.5. The zero-order chi connectivity index (χ0) is 19.2. The second-order valence-corrected chi connectivity index (χ2v) is 6.63. The minimum Gasteiger partial charge on any atom is -0.427 e. The minimum absolute atomic E-state index is 0.0827. The second kappa shape index (κ2) is 8.62. The fourth-order valence-electron chi connectivity index (χ4n) is 3.41. The number of ether oxygens (including phenoxy) is 2. The van der Waals surface area contributed by atoms with Gasteiger partial charge in [-0.1, -0.05) is 24.3 Å². The molecule has 27 heavy (non-hydrogen) atoms. The molecule has 2 aromatic carbocycles. The Kier molecular flexibility index (Phi) is 6.01. The summed E-state index contributed by atoms with van der Waals surface area (Å²) in [5.74, 6) is 0.471. The second-order valence-electron chi connectivity index (χ2n) is 6.63. The van der Waals surface area contributed by atoms with Crippen molar-refractivity contribution in [1.29, 1.82) is 0 Å². The van der Waals surface area contributed by atoms with Gasteiger partial charge in [-0.3, -0.25) is 14.6 Å². The lowest BCUT2D eigenvalue weighted by Crippen LogP contribution is -2.21. The molecule has 1 aliphatic rings. The summed E-state index contributed by atoms with van der Waals surface area (Å²) in [6.45, 7) is 2.77. The van der Waals surface area contributed by atoms with E-state index in [1.807, 2.05) is 54.7 Å². The maximum Gasteiger partial charge on any atom is 0.308 e. The quantitative estimate of drug-likeness (QED) is 0.586. The van der Waals surface area contributed by atoms with Crippen LogP contribution in [0.1, 0.15) is 50.2 Å². The van der Waals surface area contributed by atoms with E-state index in [1.165, 1.54) is 13.8 Å². The third-order valence-corrected chi connectivity index (χ3v) is 4.52. The van der Waals surface area contributed by atoms with Crippen LogP contribution in [0.4, 0.5) is 0 Å². The Morgan fingerprint density at radius 1 is 0.889 bits per heavy atom. The van der Waals surface area contributed by atoms with Gasteiger partial charge in [-0.15, -0.1) is 0 Å². The van der Waals surface area contributed by atoms with Gasteiger partial charge in [0, 0.05) is 19.8 Å². The smallest absolute Gasteiger partial charge is 0.308 e. The van der Waals surface area contributed by atoms with E-state index in [0.717, 1.165) is 30.4 Å².